The van der Waals surface area contributed by atoms with E-state index in [0.29, 0.717) is 10.9 Å². The molecule has 0 aliphatic carbocycles. The van der Waals surface area contributed by atoms with E-state index in [1.807, 2.05) is 24.3 Å². The van der Waals surface area contributed by atoms with E-state index in [9.17, 15) is 8.42 Å². The van der Waals surface area contributed by atoms with Gasteiger partial charge >= 0.3 is 0 Å². The number of aromatic nitrogens is 1. The standard InChI is InChI=1S/C22H25N3O2S/c26-28(27,21-7-2-1-3-8-21)25-13-11-18-9-10-19(16-22(18)25)24-15-14-23-12-5-4-6-20(23)17-24/h1-3,7-11,13,16,20H,4-6,12,14-15,17H2. The van der Waals surface area contributed by atoms with Crippen LogP contribution in [0.2, 0.25) is 0 Å². The van der Waals surface area contributed by atoms with Crippen LogP contribution in [0.15, 0.2) is 65.7 Å². The number of piperazine rings is 1. The Morgan fingerprint density at radius 2 is 1.75 bits per heavy atom. The summed E-state index contributed by atoms with van der Waals surface area (Å²) in [7, 11) is -3.60. The van der Waals surface area contributed by atoms with Gasteiger partial charge in [0, 0.05) is 42.9 Å². The second-order valence-electron chi connectivity index (χ2n) is 7.80. The van der Waals surface area contributed by atoms with Crippen LogP contribution in [0, 0.1) is 0 Å². The fourth-order valence-electron chi connectivity index (χ4n) is 4.59. The minimum Gasteiger partial charge on any atom is -0.369 e. The van der Waals surface area contributed by atoms with E-state index in [-0.39, 0.29) is 0 Å². The van der Waals surface area contributed by atoms with Crippen molar-refractivity contribution in [3.63, 3.8) is 0 Å². The molecule has 2 aromatic carbocycles. The van der Waals surface area contributed by atoms with Crippen molar-refractivity contribution in [2.24, 2.45) is 0 Å². The number of fused-ring (bicyclic) bond motifs is 2. The van der Waals surface area contributed by atoms with Gasteiger partial charge in [0.2, 0.25) is 0 Å². The third-order valence-electron chi connectivity index (χ3n) is 6.14. The summed E-state index contributed by atoms with van der Waals surface area (Å²) in [5.41, 5.74) is 1.85. The van der Waals surface area contributed by atoms with E-state index in [4.69, 9.17) is 0 Å². The van der Waals surface area contributed by atoms with Gasteiger partial charge in [-0.15, -0.1) is 0 Å². The Kier molecular flexibility index (Phi) is 4.40. The molecular weight excluding hydrogens is 370 g/mol. The molecule has 1 unspecified atom stereocenters. The maximum absolute atomic E-state index is 13.1. The van der Waals surface area contributed by atoms with Crippen molar-refractivity contribution in [3.05, 3.63) is 60.8 Å². The Morgan fingerprint density at radius 1 is 0.893 bits per heavy atom. The van der Waals surface area contributed by atoms with E-state index in [1.165, 1.54) is 29.8 Å². The Hall–Kier alpha value is -2.31. The topological polar surface area (TPSA) is 45.6 Å². The molecule has 1 atom stereocenters. The zero-order chi connectivity index (χ0) is 19.1. The number of hydrogen-bond acceptors (Lipinski definition) is 4. The summed E-state index contributed by atoms with van der Waals surface area (Å²) >= 11 is 0. The van der Waals surface area contributed by atoms with Gasteiger partial charge in [-0.25, -0.2) is 12.4 Å². The lowest BCUT2D eigenvalue weighted by molar-refractivity contribution is 0.133. The number of piperidine rings is 1. The SMILES string of the molecule is O=S(=O)(c1ccccc1)n1ccc2ccc(N3CCN4CCCCC4C3)cc21. The average molecular weight is 396 g/mol. The van der Waals surface area contributed by atoms with Gasteiger partial charge in [-0.05, 0) is 49.7 Å². The highest BCUT2D eigenvalue weighted by Crippen LogP contribution is 2.29. The summed E-state index contributed by atoms with van der Waals surface area (Å²) < 4.78 is 27.7. The highest BCUT2D eigenvalue weighted by atomic mass is 32.2. The molecule has 28 heavy (non-hydrogen) atoms. The van der Waals surface area contributed by atoms with Crippen LogP contribution in [0.5, 0.6) is 0 Å². The molecule has 3 aromatic rings. The molecule has 0 N–H and O–H groups in total. The summed E-state index contributed by atoms with van der Waals surface area (Å²) in [5, 5.41) is 0.944. The molecule has 2 fully saturated rings. The van der Waals surface area contributed by atoms with Gasteiger partial charge in [0.05, 0.1) is 10.4 Å². The Labute approximate surface area is 166 Å². The summed E-state index contributed by atoms with van der Waals surface area (Å²) in [6.07, 6.45) is 5.55. The van der Waals surface area contributed by atoms with Gasteiger partial charge in [0.25, 0.3) is 10.0 Å². The molecule has 0 amide bonds. The molecule has 5 nitrogen and oxygen atoms in total. The molecule has 5 rings (SSSR count). The first-order valence-corrected chi connectivity index (χ1v) is 11.5. The van der Waals surface area contributed by atoms with E-state index >= 15 is 0 Å². The van der Waals surface area contributed by atoms with Gasteiger partial charge in [-0.1, -0.05) is 30.7 Å². The van der Waals surface area contributed by atoms with Crippen LogP contribution < -0.4 is 4.90 Å². The minimum atomic E-state index is -3.60. The number of benzene rings is 2. The molecule has 146 valence electrons. The normalized spacial score (nSPS) is 21.0. The van der Waals surface area contributed by atoms with Crippen molar-refractivity contribution in [1.82, 2.24) is 8.87 Å². The quantitative estimate of drug-likeness (QED) is 0.680. The van der Waals surface area contributed by atoms with Crippen LogP contribution in [-0.2, 0) is 10.0 Å². The van der Waals surface area contributed by atoms with Gasteiger partial charge in [-0.3, -0.25) is 4.90 Å². The molecule has 0 saturated carbocycles. The largest absolute Gasteiger partial charge is 0.369 e. The fourth-order valence-corrected chi connectivity index (χ4v) is 5.96. The average Bonchev–Trinajstić information content (AvgIpc) is 3.18. The maximum Gasteiger partial charge on any atom is 0.268 e. The molecular formula is C22H25N3O2S. The smallest absolute Gasteiger partial charge is 0.268 e. The monoisotopic (exact) mass is 395 g/mol. The number of anilines is 1. The minimum absolute atomic E-state index is 0.314. The van der Waals surface area contributed by atoms with Gasteiger partial charge < -0.3 is 4.90 Å². The highest BCUT2D eigenvalue weighted by molar-refractivity contribution is 7.90. The van der Waals surface area contributed by atoms with Crippen LogP contribution >= 0.6 is 0 Å². The van der Waals surface area contributed by atoms with Crippen molar-refractivity contribution in [2.45, 2.75) is 30.2 Å². The number of rotatable bonds is 3. The summed E-state index contributed by atoms with van der Waals surface area (Å²) in [5.74, 6) is 0. The van der Waals surface area contributed by atoms with Crippen LogP contribution in [0.4, 0.5) is 5.69 Å². The first-order valence-electron chi connectivity index (χ1n) is 10.0. The Morgan fingerprint density at radius 3 is 2.61 bits per heavy atom. The third-order valence-corrected chi connectivity index (χ3v) is 7.85. The Bertz CT molecular complexity index is 1090. The fraction of sp³-hybridized carbons (Fsp3) is 0.364. The molecule has 0 bridgehead atoms. The number of hydrogen-bond donors (Lipinski definition) is 0. The molecule has 2 aliphatic heterocycles. The predicted octanol–water partition coefficient (Wildman–Crippen LogP) is 3.55. The molecule has 2 saturated heterocycles. The predicted molar refractivity (Wildman–Crippen MR) is 112 cm³/mol. The molecule has 0 spiro atoms. The second-order valence-corrected chi connectivity index (χ2v) is 9.62. The first-order chi connectivity index (χ1) is 13.6. The molecule has 1 aromatic heterocycles. The van der Waals surface area contributed by atoms with Crippen LogP contribution in [0.1, 0.15) is 19.3 Å². The van der Waals surface area contributed by atoms with Gasteiger partial charge in [0.15, 0.2) is 0 Å². The molecule has 6 heteroatoms. The van der Waals surface area contributed by atoms with E-state index in [2.05, 4.69) is 15.9 Å². The second kappa shape index (κ2) is 6.94. The highest BCUT2D eigenvalue weighted by Gasteiger charge is 2.29. The lowest BCUT2D eigenvalue weighted by atomic mass is 9.99. The van der Waals surface area contributed by atoms with Crippen molar-refractivity contribution in [3.8, 4) is 0 Å². The Balaban J connectivity index is 1.51. The lowest BCUT2D eigenvalue weighted by Gasteiger charge is -2.45. The zero-order valence-corrected chi connectivity index (χ0v) is 16.7. The number of nitrogens with zero attached hydrogens (tertiary/aromatic N) is 3. The van der Waals surface area contributed by atoms with Crippen LogP contribution in [0.25, 0.3) is 10.9 Å². The first kappa shape index (κ1) is 17.8. The van der Waals surface area contributed by atoms with E-state index in [0.717, 1.165) is 36.2 Å². The molecule has 0 radical (unpaired) electrons. The van der Waals surface area contributed by atoms with E-state index < -0.39 is 10.0 Å². The summed E-state index contributed by atoms with van der Waals surface area (Å²) in [4.78, 5) is 5.34. The van der Waals surface area contributed by atoms with Crippen molar-refractivity contribution in [1.29, 1.82) is 0 Å². The molecule has 2 aliphatic rings. The van der Waals surface area contributed by atoms with Crippen molar-refractivity contribution in [2.75, 3.05) is 31.1 Å². The summed E-state index contributed by atoms with van der Waals surface area (Å²) in [6.45, 7) is 4.33. The lowest BCUT2D eigenvalue weighted by Crippen LogP contribution is -2.54. The zero-order valence-electron chi connectivity index (χ0n) is 15.9. The summed E-state index contributed by atoms with van der Waals surface area (Å²) in [6, 6.07) is 17.3. The van der Waals surface area contributed by atoms with Crippen molar-refractivity contribution >= 4 is 26.6 Å². The van der Waals surface area contributed by atoms with Crippen LogP contribution in [-0.4, -0.2) is 49.5 Å². The molecule has 3 heterocycles. The van der Waals surface area contributed by atoms with E-state index in [1.54, 1.807) is 30.5 Å². The van der Waals surface area contributed by atoms with Gasteiger partial charge in [-0.2, -0.15) is 0 Å². The van der Waals surface area contributed by atoms with Gasteiger partial charge in [0.1, 0.15) is 0 Å². The van der Waals surface area contributed by atoms with Crippen molar-refractivity contribution < 1.29 is 8.42 Å². The maximum atomic E-state index is 13.1. The van der Waals surface area contributed by atoms with Crippen LogP contribution in [0.3, 0.4) is 0 Å². The third kappa shape index (κ3) is 3.01.